The zero-order valence-corrected chi connectivity index (χ0v) is 17.3. The minimum Gasteiger partial charge on any atom is -0.493 e. The first-order chi connectivity index (χ1) is 14.1. The van der Waals surface area contributed by atoms with Crippen molar-refractivity contribution in [3.8, 4) is 11.5 Å². The van der Waals surface area contributed by atoms with Crippen LogP contribution in [0, 0.1) is 5.92 Å². The van der Waals surface area contributed by atoms with Gasteiger partial charge in [-0.05, 0) is 44.2 Å². The third-order valence-electron chi connectivity index (χ3n) is 6.24. The van der Waals surface area contributed by atoms with Crippen LogP contribution in [0.5, 0.6) is 11.5 Å². The van der Waals surface area contributed by atoms with Gasteiger partial charge in [-0.3, -0.25) is 9.59 Å². The second-order valence-electron chi connectivity index (χ2n) is 8.10. The SMILES string of the molecule is COc1cccc(C(=O)N2CCC(N(C(=O)C3CC3)C3CCOCC3)C2)c1OC. The number of hydrogen-bond donors (Lipinski definition) is 0. The summed E-state index contributed by atoms with van der Waals surface area (Å²) in [5.74, 6) is 1.38. The molecular formula is C22H30N2O5. The number of rotatable bonds is 6. The van der Waals surface area contributed by atoms with Crippen LogP contribution in [0.2, 0.25) is 0 Å². The standard InChI is InChI=1S/C22H30N2O5/c1-27-19-5-3-4-18(20(19)28-2)22(26)23-11-8-17(14-23)24(21(25)15-6-7-15)16-9-12-29-13-10-16/h3-5,15-17H,6-14H2,1-2H3. The quantitative estimate of drug-likeness (QED) is 0.731. The van der Waals surface area contributed by atoms with E-state index in [0.717, 1.165) is 32.1 Å². The number of carbonyl (C=O) groups is 2. The summed E-state index contributed by atoms with van der Waals surface area (Å²) in [5, 5.41) is 0. The number of likely N-dealkylation sites (tertiary alicyclic amines) is 1. The maximum atomic E-state index is 13.2. The Balaban J connectivity index is 1.51. The number of hydrogen-bond acceptors (Lipinski definition) is 5. The molecule has 0 aromatic heterocycles. The minimum atomic E-state index is -0.0750. The molecule has 3 aliphatic rings. The van der Waals surface area contributed by atoms with Crippen molar-refractivity contribution in [2.75, 3.05) is 40.5 Å². The highest BCUT2D eigenvalue weighted by Crippen LogP contribution is 2.36. The van der Waals surface area contributed by atoms with E-state index in [-0.39, 0.29) is 29.8 Å². The Kier molecular flexibility index (Phi) is 5.94. The van der Waals surface area contributed by atoms with Crippen LogP contribution in [0.3, 0.4) is 0 Å². The lowest BCUT2D eigenvalue weighted by Gasteiger charge is -2.38. The second kappa shape index (κ2) is 8.61. The topological polar surface area (TPSA) is 68.3 Å². The van der Waals surface area contributed by atoms with Crippen molar-refractivity contribution in [1.82, 2.24) is 9.80 Å². The van der Waals surface area contributed by atoms with Crippen LogP contribution in [0.15, 0.2) is 18.2 Å². The van der Waals surface area contributed by atoms with E-state index >= 15 is 0 Å². The van der Waals surface area contributed by atoms with Crippen molar-refractivity contribution < 1.29 is 23.8 Å². The van der Waals surface area contributed by atoms with Gasteiger partial charge in [-0.2, -0.15) is 0 Å². The molecule has 1 aliphatic carbocycles. The van der Waals surface area contributed by atoms with E-state index in [1.807, 2.05) is 4.90 Å². The Morgan fingerprint density at radius 3 is 2.45 bits per heavy atom. The number of methoxy groups -OCH3 is 2. The van der Waals surface area contributed by atoms with Gasteiger partial charge in [0.25, 0.3) is 5.91 Å². The summed E-state index contributed by atoms with van der Waals surface area (Å²) in [6, 6.07) is 5.65. The van der Waals surface area contributed by atoms with Crippen molar-refractivity contribution >= 4 is 11.8 Å². The fourth-order valence-corrected chi connectivity index (χ4v) is 4.54. The zero-order valence-electron chi connectivity index (χ0n) is 17.3. The van der Waals surface area contributed by atoms with Crippen molar-refractivity contribution in [2.45, 2.75) is 44.2 Å². The molecule has 29 heavy (non-hydrogen) atoms. The van der Waals surface area contributed by atoms with E-state index in [9.17, 15) is 9.59 Å². The van der Waals surface area contributed by atoms with Gasteiger partial charge in [-0.1, -0.05) is 6.07 Å². The van der Waals surface area contributed by atoms with Crippen LogP contribution in [-0.2, 0) is 9.53 Å². The Bertz CT molecular complexity index is 758. The van der Waals surface area contributed by atoms with Gasteiger partial charge in [0.1, 0.15) is 0 Å². The van der Waals surface area contributed by atoms with E-state index in [0.29, 0.717) is 43.4 Å². The van der Waals surface area contributed by atoms with Crippen molar-refractivity contribution in [3.05, 3.63) is 23.8 Å². The summed E-state index contributed by atoms with van der Waals surface area (Å²) in [6.07, 6.45) is 4.57. The van der Waals surface area contributed by atoms with Gasteiger partial charge in [-0.15, -0.1) is 0 Å². The van der Waals surface area contributed by atoms with Crippen LogP contribution in [0.25, 0.3) is 0 Å². The highest BCUT2D eigenvalue weighted by atomic mass is 16.5. The maximum Gasteiger partial charge on any atom is 0.257 e. The van der Waals surface area contributed by atoms with Crippen LogP contribution in [-0.4, -0.2) is 74.2 Å². The molecule has 2 amide bonds. The molecule has 1 aromatic carbocycles. The second-order valence-corrected chi connectivity index (χ2v) is 8.10. The van der Waals surface area contributed by atoms with Gasteiger partial charge < -0.3 is 24.0 Å². The van der Waals surface area contributed by atoms with Crippen LogP contribution in [0.1, 0.15) is 42.5 Å². The van der Waals surface area contributed by atoms with Gasteiger partial charge in [0.2, 0.25) is 5.91 Å². The monoisotopic (exact) mass is 402 g/mol. The summed E-state index contributed by atoms with van der Waals surface area (Å²) in [5.41, 5.74) is 0.499. The lowest BCUT2D eigenvalue weighted by Crippen LogP contribution is -2.51. The van der Waals surface area contributed by atoms with Gasteiger partial charge in [0.15, 0.2) is 11.5 Å². The molecule has 1 aromatic rings. The average Bonchev–Trinajstić information content (AvgIpc) is 3.51. The van der Waals surface area contributed by atoms with Crippen LogP contribution < -0.4 is 9.47 Å². The van der Waals surface area contributed by atoms with Gasteiger partial charge in [-0.25, -0.2) is 0 Å². The molecule has 0 N–H and O–H groups in total. The molecular weight excluding hydrogens is 372 g/mol. The van der Waals surface area contributed by atoms with Crippen LogP contribution >= 0.6 is 0 Å². The smallest absolute Gasteiger partial charge is 0.257 e. The zero-order chi connectivity index (χ0) is 20.4. The lowest BCUT2D eigenvalue weighted by atomic mass is 10.0. The van der Waals surface area contributed by atoms with Gasteiger partial charge in [0, 0.05) is 38.3 Å². The molecule has 7 nitrogen and oxygen atoms in total. The third kappa shape index (κ3) is 4.06. The number of nitrogens with zero attached hydrogens (tertiary/aromatic N) is 2. The highest BCUT2D eigenvalue weighted by molar-refractivity contribution is 5.98. The molecule has 2 aliphatic heterocycles. The predicted octanol–water partition coefficient (Wildman–Crippen LogP) is 2.34. The highest BCUT2D eigenvalue weighted by Gasteiger charge is 2.42. The van der Waals surface area contributed by atoms with Crippen molar-refractivity contribution in [3.63, 3.8) is 0 Å². The largest absolute Gasteiger partial charge is 0.493 e. The maximum absolute atomic E-state index is 13.2. The van der Waals surface area contributed by atoms with E-state index in [4.69, 9.17) is 14.2 Å². The van der Waals surface area contributed by atoms with Gasteiger partial charge >= 0.3 is 0 Å². The molecule has 2 saturated heterocycles. The van der Waals surface area contributed by atoms with Crippen molar-refractivity contribution in [2.24, 2.45) is 5.92 Å². The summed E-state index contributed by atoms with van der Waals surface area (Å²) >= 11 is 0. The first kappa shape index (κ1) is 20.0. The first-order valence-corrected chi connectivity index (χ1v) is 10.5. The molecule has 4 rings (SSSR count). The van der Waals surface area contributed by atoms with E-state index in [1.54, 1.807) is 32.4 Å². The molecule has 0 spiro atoms. The summed E-state index contributed by atoms with van der Waals surface area (Å²) in [7, 11) is 3.11. The molecule has 2 heterocycles. The molecule has 3 fully saturated rings. The molecule has 0 bridgehead atoms. The van der Waals surface area contributed by atoms with E-state index in [1.165, 1.54) is 0 Å². The van der Waals surface area contributed by atoms with E-state index < -0.39 is 0 Å². The molecule has 158 valence electrons. The number of ether oxygens (including phenoxy) is 3. The number of para-hydroxylation sites is 1. The Labute approximate surface area is 171 Å². The Morgan fingerprint density at radius 2 is 1.79 bits per heavy atom. The fourth-order valence-electron chi connectivity index (χ4n) is 4.54. The lowest BCUT2D eigenvalue weighted by molar-refractivity contribution is -0.139. The third-order valence-corrected chi connectivity index (χ3v) is 6.24. The van der Waals surface area contributed by atoms with E-state index in [2.05, 4.69) is 4.90 Å². The number of carbonyl (C=O) groups excluding carboxylic acids is 2. The Morgan fingerprint density at radius 1 is 1.03 bits per heavy atom. The van der Waals surface area contributed by atoms with Gasteiger partial charge in [0.05, 0.1) is 25.8 Å². The number of benzene rings is 1. The predicted molar refractivity (Wildman–Crippen MR) is 107 cm³/mol. The summed E-state index contributed by atoms with van der Waals surface area (Å²) < 4.78 is 16.3. The first-order valence-electron chi connectivity index (χ1n) is 10.5. The molecule has 7 heteroatoms. The fraction of sp³-hybridized carbons (Fsp3) is 0.636. The summed E-state index contributed by atoms with van der Waals surface area (Å²) in [6.45, 7) is 2.61. The molecule has 1 unspecified atom stereocenters. The van der Waals surface area contributed by atoms with Crippen molar-refractivity contribution in [1.29, 1.82) is 0 Å². The molecule has 1 saturated carbocycles. The molecule has 1 atom stereocenters. The summed E-state index contributed by atoms with van der Waals surface area (Å²) in [4.78, 5) is 30.2. The number of amides is 2. The average molecular weight is 402 g/mol. The molecule has 0 radical (unpaired) electrons. The normalized spacial score (nSPS) is 22.4. The minimum absolute atomic E-state index is 0.0750. The Hall–Kier alpha value is -2.28. The van der Waals surface area contributed by atoms with Crippen LogP contribution in [0.4, 0.5) is 0 Å².